The van der Waals surface area contributed by atoms with Crippen molar-refractivity contribution in [2.75, 3.05) is 12.8 Å². The first kappa shape index (κ1) is 20.5. The second-order valence-electron chi connectivity index (χ2n) is 6.27. The highest BCUT2D eigenvalue weighted by molar-refractivity contribution is 7.90. The summed E-state index contributed by atoms with van der Waals surface area (Å²) in [5.41, 5.74) is 7.55. The molecular formula is C18H31N3O2S. The van der Waals surface area contributed by atoms with Gasteiger partial charge in [0, 0.05) is 12.8 Å². The Labute approximate surface area is 146 Å². The fourth-order valence-electron chi connectivity index (χ4n) is 2.58. The Balaban J connectivity index is 2.39. The van der Waals surface area contributed by atoms with Gasteiger partial charge in [0.2, 0.25) is 0 Å². The molecule has 0 atom stereocenters. The van der Waals surface area contributed by atoms with E-state index in [2.05, 4.69) is 17.2 Å². The quantitative estimate of drug-likeness (QED) is 0.384. The molecule has 0 heterocycles. The average molecular weight is 354 g/mol. The number of guanidine groups is 1. The molecule has 24 heavy (non-hydrogen) atoms. The zero-order valence-electron chi connectivity index (χ0n) is 15.1. The number of nitrogens with one attached hydrogen (secondary N) is 1. The van der Waals surface area contributed by atoms with Gasteiger partial charge in [-0.1, -0.05) is 51.2 Å². The molecule has 0 fully saturated rings. The number of aryl methyl sites for hydroxylation is 1. The Bertz CT molecular complexity index is 640. The average Bonchev–Trinajstić information content (AvgIpc) is 2.51. The second-order valence-corrected chi connectivity index (χ2v) is 8.25. The zero-order valence-corrected chi connectivity index (χ0v) is 16.0. The van der Waals surface area contributed by atoms with Crippen molar-refractivity contribution in [3.8, 4) is 0 Å². The third-order valence-electron chi connectivity index (χ3n) is 3.91. The number of hydrogen-bond acceptors (Lipinski definition) is 3. The van der Waals surface area contributed by atoms with E-state index >= 15 is 0 Å². The summed E-state index contributed by atoms with van der Waals surface area (Å²) in [5.74, 6) is 0.438. The van der Waals surface area contributed by atoms with Crippen molar-refractivity contribution in [1.29, 1.82) is 0 Å². The highest BCUT2D eigenvalue weighted by atomic mass is 32.2. The van der Waals surface area contributed by atoms with E-state index in [0.717, 1.165) is 24.1 Å². The van der Waals surface area contributed by atoms with Crippen molar-refractivity contribution < 1.29 is 8.42 Å². The third-order valence-corrected chi connectivity index (χ3v) is 5.16. The first-order valence-electron chi connectivity index (χ1n) is 8.68. The molecule has 6 heteroatoms. The van der Waals surface area contributed by atoms with Gasteiger partial charge in [-0.25, -0.2) is 13.4 Å². The van der Waals surface area contributed by atoms with Crippen LogP contribution in [0.3, 0.4) is 0 Å². The number of rotatable bonds is 10. The smallest absolute Gasteiger partial charge is 0.188 e. The van der Waals surface area contributed by atoms with Gasteiger partial charge in [0.25, 0.3) is 0 Å². The van der Waals surface area contributed by atoms with Crippen LogP contribution in [0.2, 0.25) is 0 Å². The van der Waals surface area contributed by atoms with Crippen molar-refractivity contribution in [2.45, 2.75) is 63.8 Å². The number of unbranched alkanes of at least 4 members (excludes halogenated alkanes) is 5. The Morgan fingerprint density at radius 3 is 2.46 bits per heavy atom. The van der Waals surface area contributed by atoms with E-state index in [0.29, 0.717) is 17.4 Å². The van der Waals surface area contributed by atoms with Gasteiger partial charge in [-0.15, -0.1) is 0 Å². The molecule has 5 nitrogen and oxygen atoms in total. The Morgan fingerprint density at radius 2 is 1.83 bits per heavy atom. The molecule has 0 aromatic heterocycles. The number of benzene rings is 1. The fourth-order valence-corrected chi connectivity index (χ4v) is 3.54. The van der Waals surface area contributed by atoms with Crippen molar-refractivity contribution in [3.05, 3.63) is 29.3 Å². The molecule has 0 spiro atoms. The monoisotopic (exact) mass is 353 g/mol. The molecule has 0 unspecified atom stereocenters. The molecule has 0 amide bonds. The molecule has 0 aliphatic carbocycles. The Hall–Kier alpha value is -1.56. The normalized spacial score (nSPS) is 12.4. The molecule has 0 aliphatic rings. The summed E-state index contributed by atoms with van der Waals surface area (Å²) in [7, 11) is -3.18. The summed E-state index contributed by atoms with van der Waals surface area (Å²) in [5, 5.41) is 3.13. The molecule has 0 bridgehead atoms. The molecular weight excluding hydrogens is 322 g/mol. The van der Waals surface area contributed by atoms with Crippen LogP contribution in [0.1, 0.15) is 56.6 Å². The molecule has 1 rings (SSSR count). The van der Waals surface area contributed by atoms with E-state index in [1.165, 1.54) is 38.4 Å². The number of aliphatic imine (C=N–C) groups is 1. The first-order chi connectivity index (χ1) is 11.3. The molecule has 1 aromatic carbocycles. The van der Waals surface area contributed by atoms with E-state index in [1.54, 1.807) is 19.1 Å². The minimum Gasteiger partial charge on any atom is -0.370 e. The highest BCUT2D eigenvalue weighted by Crippen LogP contribution is 2.17. The lowest BCUT2D eigenvalue weighted by Gasteiger charge is -2.07. The minimum absolute atomic E-state index is 0.365. The van der Waals surface area contributed by atoms with E-state index in [4.69, 9.17) is 5.73 Å². The third kappa shape index (κ3) is 7.81. The van der Waals surface area contributed by atoms with Gasteiger partial charge in [0.05, 0.1) is 11.4 Å². The molecule has 0 aliphatic heterocycles. The number of nitrogens with two attached hydrogens (primary N) is 1. The maximum atomic E-state index is 11.6. The van der Waals surface area contributed by atoms with Crippen LogP contribution < -0.4 is 11.1 Å². The Kier molecular flexibility index (Phi) is 8.82. The summed E-state index contributed by atoms with van der Waals surface area (Å²) >= 11 is 0. The van der Waals surface area contributed by atoms with E-state index in [9.17, 15) is 8.42 Å². The van der Waals surface area contributed by atoms with Gasteiger partial charge in [-0.05, 0) is 30.5 Å². The lowest BCUT2D eigenvalue weighted by molar-refractivity contribution is 0.601. The van der Waals surface area contributed by atoms with Crippen molar-refractivity contribution in [2.24, 2.45) is 10.7 Å². The molecule has 3 N–H and O–H groups in total. The Morgan fingerprint density at radius 1 is 1.17 bits per heavy atom. The summed E-state index contributed by atoms with van der Waals surface area (Å²) in [6.45, 7) is 5.30. The molecule has 1 aromatic rings. The molecule has 0 saturated carbocycles. The van der Waals surface area contributed by atoms with Crippen LogP contribution in [0.15, 0.2) is 28.1 Å². The summed E-state index contributed by atoms with van der Waals surface area (Å²) in [6.07, 6.45) is 8.70. The van der Waals surface area contributed by atoms with Crippen LogP contribution in [0.25, 0.3) is 0 Å². The molecule has 0 saturated heterocycles. The largest absolute Gasteiger partial charge is 0.370 e. The summed E-state index contributed by atoms with van der Waals surface area (Å²) in [6, 6.07) is 5.27. The van der Waals surface area contributed by atoms with E-state index < -0.39 is 9.84 Å². The van der Waals surface area contributed by atoms with Gasteiger partial charge in [0.15, 0.2) is 15.8 Å². The lowest BCUT2D eigenvalue weighted by Crippen LogP contribution is -2.32. The van der Waals surface area contributed by atoms with Crippen molar-refractivity contribution in [3.63, 3.8) is 0 Å². The predicted octanol–water partition coefficient (Wildman–Crippen LogP) is 3.16. The molecule has 0 radical (unpaired) electrons. The van der Waals surface area contributed by atoms with Crippen LogP contribution in [0, 0.1) is 6.92 Å². The van der Waals surface area contributed by atoms with Crippen LogP contribution >= 0.6 is 0 Å². The summed E-state index contributed by atoms with van der Waals surface area (Å²) in [4.78, 5) is 4.67. The lowest BCUT2D eigenvalue weighted by atomic mass is 10.1. The molecule has 136 valence electrons. The second kappa shape index (κ2) is 10.3. The van der Waals surface area contributed by atoms with Gasteiger partial charge >= 0.3 is 0 Å². The topological polar surface area (TPSA) is 84.5 Å². The van der Waals surface area contributed by atoms with Crippen LogP contribution in [0.5, 0.6) is 0 Å². The van der Waals surface area contributed by atoms with Crippen molar-refractivity contribution >= 4 is 15.8 Å². The van der Waals surface area contributed by atoms with Gasteiger partial charge in [-0.3, -0.25) is 0 Å². The SMILES string of the molecule is CCCCCCCCNC(N)=NCc1ccc(S(C)(=O)=O)c(C)c1. The van der Waals surface area contributed by atoms with E-state index in [-0.39, 0.29) is 0 Å². The number of hydrogen-bond donors (Lipinski definition) is 2. The van der Waals surface area contributed by atoms with Crippen LogP contribution in [0.4, 0.5) is 0 Å². The predicted molar refractivity (Wildman–Crippen MR) is 101 cm³/mol. The number of nitrogens with zero attached hydrogens (tertiary/aromatic N) is 1. The van der Waals surface area contributed by atoms with Gasteiger partial charge in [0.1, 0.15) is 0 Å². The maximum absolute atomic E-state index is 11.6. The minimum atomic E-state index is -3.18. The van der Waals surface area contributed by atoms with Gasteiger partial charge < -0.3 is 11.1 Å². The van der Waals surface area contributed by atoms with E-state index in [1.807, 2.05) is 6.07 Å². The van der Waals surface area contributed by atoms with Gasteiger partial charge in [-0.2, -0.15) is 0 Å². The standard InChI is InChI=1S/C18H31N3O2S/c1-4-5-6-7-8-9-12-20-18(19)21-14-16-10-11-17(15(2)13-16)24(3,22)23/h10-11,13H,4-9,12,14H2,1-3H3,(H3,19,20,21). The fraction of sp³-hybridized carbons (Fsp3) is 0.611. The number of sulfone groups is 1. The van der Waals surface area contributed by atoms with Crippen molar-refractivity contribution in [1.82, 2.24) is 5.32 Å². The maximum Gasteiger partial charge on any atom is 0.188 e. The van der Waals surface area contributed by atoms with Crippen LogP contribution in [-0.2, 0) is 16.4 Å². The first-order valence-corrected chi connectivity index (χ1v) is 10.6. The zero-order chi connectivity index (χ0) is 18.0. The summed E-state index contributed by atoms with van der Waals surface area (Å²) < 4.78 is 23.2. The highest BCUT2D eigenvalue weighted by Gasteiger charge is 2.10. The van der Waals surface area contributed by atoms with Crippen LogP contribution in [-0.4, -0.2) is 27.2 Å².